The van der Waals surface area contributed by atoms with Gasteiger partial charge < -0.3 is 9.84 Å². The van der Waals surface area contributed by atoms with Crippen LogP contribution in [0.2, 0.25) is 5.02 Å². The van der Waals surface area contributed by atoms with E-state index in [9.17, 15) is 9.90 Å². The Hall–Kier alpha value is -3.22. The summed E-state index contributed by atoms with van der Waals surface area (Å²) in [5.41, 5.74) is 4.11. The van der Waals surface area contributed by atoms with Gasteiger partial charge in [-0.15, -0.1) is 0 Å². The van der Waals surface area contributed by atoms with E-state index in [2.05, 4.69) is 10.1 Å². The lowest BCUT2D eigenvalue weighted by Crippen LogP contribution is -2.15. The zero-order valence-corrected chi connectivity index (χ0v) is 19.1. The number of ketones is 1. The lowest BCUT2D eigenvalue weighted by atomic mass is 9.96. The number of aliphatic hydroxyl groups is 1. The summed E-state index contributed by atoms with van der Waals surface area (Å²) >= 11 is 6.34. The van der Waals surface area contributed by atoms with Crippen LogP contribution < -0.4 is 4.74 Å². The first-order valence-corrected chi connectivity index (χ1v) is 10.6. The number of aryl methyl sites for hydroxylation is 1. The lowest BCUT2D eigenvalue weighted by Gasteiger charge is -2.17. The SMILES string of the molecule is COc1ccc(-c2cc(CC(=O)c3ccc(C(C)(C)O)cc3)nc3cc(C)nn23)cc1Cl. The number of hydrogen-bond donors (Lipinski definition) is 1. The molecule has 0 aliphatic rings. The zero-order chi connectivity index (χ0) is 23.0. The summed E-state index contributed by atoms with van der Waals surface area (Å²) in [5.74, 6) is 0.529. The van der Waals surface area contributed by atoms with Gasteiger partial charge in [-0.2, -0.15) is 5.10 Å². The predicted octanol–water partition coefficient (Wildman–Crippen LogP) is 5.02. The van der Waals surface area contributed by atoms with Crippen LogP contribution in [0.25, 0.3) is 16.9 Å². The van der Waals surface area contributed by atoms with Gasteiger partial charge in [0.1, 0.15) is 5.75 Å². The third kappa shape index (κ3) is 4.38. The number of halogens is 1. The largest absolute Gasteiger partial charge is 0.495 e. The third-order valence-electron chi connectivity index (χ3n) is 5.30. The molecule has 0 fully saturated rings. The number of hydrogen-bond acceptors (Lipinski definition) is 5. The Morgan fingerprint density at radius 1 is 1.12 bits per heavy atom. The quantitative estimate of drug-likeness (QED) is 0.418. The average Bonchev–Trinajstić information content (AvgIpc) is 3.12. The van der Waals surface area contributed by atoms with E-state index in [4.69, 9.17) is 16.3 Å². The molecular weight excluding hydrogens is 426 g/mol. The van der Waals surface area contributed by atoms with Gasteiger partial charge in [-0.3, -0.25) is 4.79 Å². The molecule has 0 spiro atoms. The summed E-state index contributed by atoms with van der Waals surface area (Å²) in [6, 6.07) is 16.3. The van der Waals surface area contributed by atoms with Crippen molar-refractivity contribution >= 4 is 23.0 Å². The third-order valence-corrected chi connectivity index (χ3v) is 5.60. The van der Waals surface area contributed by atoms with Crippen LogP contribution in [0.5, 0.6) is 5.75 Å². The lowest BCUT2D eigenvalue weighted by molar-refractivity contribution is 0.0784. The van der Waals surface area contributed by atoms with Gasteiger partial charge >= 0.3 is 0 Å². The van der Waals surface area contributed by atoms with Crippen LogP contribution in [0.15, 0.2) is 54.6 Å². The Morgan fingerprint density at radius 2 is 1.84 bits per heavy atom. The molecule has 0 aliphatic heterocycles. The molecule has 0 saturated carbocycles. The maximum absolute atomic E-state index is 12.9. The van der Waals surface area contributed by atoms with Crippen molar-refractivity contribution in [2.24, 2.45) is 0 Å². The van der Waals surface area contributed by atoms with E-state index in [1.54, 1.807) is 55.8 Å². The first-order valence-electron chi connectivity index (χ1n) is 10.2. The first kappa shape index (κ1) is 22.0. The second-order valence-electron chi connectivity index (χ2n) is 8.27. The second-order valence-corrected chi connectivity index (χ2v) is 8.68. The molecule has 0 aliphatic carbocycles. The van der Waals surface area contributed by atoms with Crippen molar-refractivity contribution in [3.63, 3.8) is 0 Å². The summed E-state index contributed by atoms with van der Waals surface area (Å²) in [4.78, 5) is 17.6. The molecule has 0 amide bonds. The van der Waals surface area contributed by atoms with Crippen molar-refractivity contribution in [3.05, 3.63) is 82.1 Å². The van der Waals surface area contributed by atoms with E-state index >= 15 is 0 Å². The van der Waals surface area contributed by atoms with Crippen LogP contribution in [-0.4, -0.2) is 32.6 Å². The molecule has 1 N–H and O–H groups in total. The maximum Gasteiger partial charge on any atom is 0.168 e. The molecule has 0 saturated heterocycles. The highest BCUT2D eigenvalue weighted by molar-refractivity contribution is 6.32. The van der Waals surface area contributed by atoms with Crippen LogP contribution in [0, 0.1) is 6.92 Å². The van der Waals surface area contributed by atoms with Crippen LogP contribution in [0.4, 0.5) is 0 Å². The molecule has 2 aromatic heterocycles. The molecule has 4 aromatic rings. The molecule has 2 heterocycles. The fourth-order valence-corrected chi connectivity index (χ4v) is 3.85. The molecule has 164 valence electrons. The van der Waals surface area contributed by atoms with Gasteiger partial charge in [0.2, 0.25) is 0 Å². The number of carbonyl (C=O) groups is 1. The Kier molecular flexibility index (Phi) is 5.75. The van der Waals surface area contributed by atoms with Crippen molar-refractivity contribution in [1.29, 1.82) is 0 Å². The van der Waals surface area contributed by atoms with Crippen molar-refractivity contribution < 1.29 is 14.6 Å². The standard InChI is InChI=1S/C25H24ClN3O3/c1-15-11-24-27-19(14-22(30)16-5-8-18(9-6-16)25(2,3)31)13-21(29(24)28-15)17-7-10-23(32-4)20(26)12-17/h5-13,31H,14H2,1-4H3. The minimum absolute atomic E-state index is 0.0564. The number of nitrogens with zero attached hydrogens (tertiary/aromatic N) is 3. The molecule has 0 radical (unpaired) electrons. The van der Waals surface area contributed by atoms with Crippen molar-refractivity contribution in [2.75, 3.05) is 7.11 Å². The van der Waals surface area contributed by atoms with Gasteiger partial charge in [-0.25, -0.2) is 9.50 Å². The maximum atomic E-state index is 12.9. The van der Waals surface area contributed by atoms with E-state index in [-0.39, 0.29) is 12.2 Å². The molecule has 4 rings (SSSR count). The molecule has 7 heteroatoms. The molecule has 2 aromatic carbocycles. The molecule has 0 atom stereocenters. The second kappa shape index (κ2) is 8.37. The number of fused-ring (bicyclic) bond motifs is 1. The minimum Gasteiger partial charge on any atom is -0.495 e. The summed E-state index contributed by atoms with van der Waals surface area (Å²) < 4.78 is 7.00. The van der Waals surface area contributed by atoms with E-state index in [0.29, 0.717) is 27.7 Å². The fraction of sp³-hybridized carbons (Fsp3) is 0.240. The minimum atomic E-state index is -0.956. The normalized spacial score (nSPS) is 11.7. The highest BCUT2D eigenvalue weighted by Gasteiger charge is 2.18. The highest BCUT2D eigenvalue weighted by Crippen LogP contribution is 2.31. The molecule has 0 bridgehead atoms. The Labute approximate surface area is 191 Å². The number of benzene rings is 2. The number of carbonyl (C=O) groups excluding carboxylic acids is 1. The van der Waals surface area contributed by atoms with Crippen molar-refractivity contribution in [2.45, 2.75) is 32.8 Å². The van der Waals surface area contributed by atoms with E-state index < -0.39 is 5.60 Å². The Morgan fingerprint density at radius 3 is 2.47 bits per heavy atom. The van der Waals surface area contributed by atoms with Crippen LogP contribution >= 0.6 is 11.6 Å². The van der Waals surface area contributed by atoms with Crippen molar-refractivity contribution in [1.82, 2.24) is 14.6 Å². The Balaban J connectivity index is 1.71. The van der Waals surface area contributed by atoms with E-state index in [0.717, 1.165) is 22.5 Å². The van der Waals surface area contributed by atoms with Gasteiger partial charge in [0.15, 0.2) is 11.4 Å². The average molecular weight is 450 g/mol. The number of aromatic nitrogens is 3. The van der Waals surface area contributed by atoms with Gasteiger partial charge in [0, 0.05) is 17.2 Å². The van der Waals surface area contributed by atoms with Crippen molar-refractivity contribution in [3.8, 4) is 17.0 Å². The topological polar surface area (TPSA) is 76.7 Å². The first-order chi connectivity index (χ1) is 15.2. The van der Waals surface area contributed by atoms with Crippen LogP contribution in [-0.2, 0) is 12.0 Å². The molecule has 6 nitrogen and oxygen atoms in total. The van der Waals surface area contributed by atoms with Gasteiger partial charge in [-0.05, 0) is 50.6 Å². The van der Waals surface area contributed by atoms with E-state index in [1.165, 1.54) is 0 Å². The Bertz CT molecular complexity index is 1300. The highest BCUT2D eigenvalue weighted by atomic mass is 35.5. The summed E-state index contributed by atoms with van der Waals surface area (Å²) in [5, 5.41) is 15.2. The summed E-state index contributed by atoms with van der Waals surface area (Å²) in [6.45, 7) is 5.32. The molecular formula is C25H24ClN3O3. The number of ether oxygens (including phenoxy) is 1. The number of Topliss-reactive ketones (excluding diaryl/α,β-unsaturated/α-hetero) is 1. The summed E-state index contributed by atoms with van der Waals surface area (Å²) in [7, 11) is 1.57. The van der Waals surface area contributed by atoms with Crippen LogP contribution in [0.3, 0.4) is 0 Å². The summed E-state index contributed by atoms with van der Waals surface area (Å²) in [6.07, 6.45) is 0.138. The van der Waals surface area contributed by atoms with Crippen LogP contribution in [0.1, 0.15) is 41.2 Å². The zero-order valence-electron chi connectivity index (χ0n) is 18.4. The number of rotatable bonds is 6. The van der Waals surface area contributed by atoms with E-state index in [1.807, 2.05) is 31.2 Å². The van der Waals surface area contributed by atoms with Gasteiger partial charge in [0.05, 0.1) is 41.2 Å². The number of methoxy groups -OCH3 is 1. The monoisotopic (exact) mass is 449 g/mol. The molecule has 32 heavy (non-hydrogen) atoms. The molecule has 0 unspecified atom stereocenters. The van der Waals surface area contributed by atoms with Gasteiger partial charge in [0.25, 0.3) is 0 Å². The fourth-order valence-electron chi connectivity index (χ4n) is 3.59. The predicted molar refractivity (Wildman–Crippen MR) is 124 cm³/mol. The smallest absolute Gasteiger partial charge is 0.168 e. The van der Waals surface area contributed by atoms with Gasteiger partial charge in [-0.1, -0.05) is 35.9 Å².